The number of nitrogens with one attached hydrogen (secondary N) is 1. The third kappa shape index (κ3) is 2.31. The van der Waals surface area contributed by atoms with E-state index in [9.17, 15) is 17.6 Å². The van der Waals surface area contributed by atoms with E-state index in [4.69, 9.17) is 0 Å². The van der Waals surface area contributed by atoms with Crippen LogP contribution in [0.25, 0.3) is 16.6 Å². The fourth-order valence-corrected chi connectivity index (χ4v) is 2.77. The fraction of sp³-hybridized carbons (Fsp3) is 0.385. The van der Waals surface area contributed by atoms with Crippen molar-refractivity contribution in [1.29, 1.82) is 0 Å². The standard InChI is InChI=1S/C13H11F4N7/c14-9-6-10-7(5-8(9)13(15,16)17)11-20-21-22-24(11)12(19-10)23-3-1-18-2-4-23/h5-6,18H,1-4H2. The zero-order chi connectivity index (χ0) is 16.9. The van der Waals surface area contributed by atoms with Crippen molar-refractivity contribution in [2.45, 2.75) is 6.18 Å². The van der Waals surface area contributed by atoms with Crippen LogP contribution in [0.5, 0.6) is 0 Å². The van der Waals surface area contributed by atoms with E-state index >= 15 is 0 Å². The maximum atomic E-state index is 13.9. The molecule has 0 saturated carbocycles. The van der Waals surface area contributed by atoms with Gasteiger partial charge in [-0.15, -0.1) is 5.10 Å². The molecule has 1 fully saturated rings. The highest BCUT2D eigenvalue weighted by molar-refractivity contribution is 5.92. The van der Waals surface area contributed by atoms with Gasteiger partial charge in [-0.25, -0.2) is 9.37 Å². The summed E-state index contributed by atoms with van der Waals surface area (Å²) in [4.78, 5) is 6.19. The molecule has 3 heterocycles. The summed E-state index contributed by atoms with van der Waals surface area (Å²) in [5, 5.41) is 14.4. The monoisotopic (exact) mass is 341 g/mol. The molecule has 24 heavy (non-hydrogen) atoms. The average molecular weight is 341 g/mol. The molecule has 0 spiro atoms. The van der Waals surface area contributed by atoms with Crippen molar-refractivity contribution in [1.82, 2.24) is 30.3 Å². The van der Waals surface area contributed by atoms with Crippen LogP contribution in [0, 0.1) is 5.82 Å². The minimum absolute atomic E-state index is 0.0487. The number of nitrogens with zero attached hydrogens (tertiary/aromatic N) is 6. The average Bonchev–Trinajstić information content (AvgIpc) is 3.03. The third-order valence-corrected chi connectivity index (χ3v) is 3.91. The van der Waals surface area contributed by atoms with Gasteiger partial charge in [0.15, 0.2) is 5.65 Å². The third-order valence-electron chi connectivity index (χ3n) is 3.91. The van der Waals surface area contributed by atoms with Gasteiger partial charge in [0.25, 0.3) is 0 Å². The number of hydrogen-bond acceptors (Lipinski definition) is 6. The number of halogens is 4. The zero-order valence-electron chi connectivity index (χ0n) is 12.2. The Morgan fingerprint density at radius 3 is 2.58 bits per heavy atom. The van der Waals surface area contributed by atoms with E-state index in [1.54, 1.807) is 0 Å². The number of fused-ring (bicyclic) bond motifs is 3. The van der Waals surface area contributed by atoms with Gasteiger partial charge in [-0.05, 0) is 16.5 Å². The number of anilines is 1. The second-order valence-corrected chi connectivity index (χ2v) is 5.41. The molecule has 1 aromatic carbocycles. The van der Waals surface area contributed by atoms with Crippen molar-refractivity contribution >= 4 is 22.5 Å². The smallest absolute Gasteiger partial charge is 0.338 e. The lowest BCUT2D eigenvalue weighted by molar-refractivity contribution is -0.139. The Bertz CT molecular complexity index is 914. The van der Waals surface area contributed by atoms with Gasteiger partial charge in [0, 0.05) is 37.6 Å². The van der Waals surface area contributed by atoms with Crippen LogP contribution in [-0.2, 0) is 6.18 Å². The molecule has 126 valence electrons. The van der Waals surface area contributed by atoms with Crippen molar-refractivity contribution in [3.05, 3.63) is 23.5 Å². The molecule has 0 radical (unpaired) electrons. The first-order valence-electron chi connectivity index (χ1n) is 7.19. The van der Waals surface area contributed by atoms with Crippen molar-refractivity contribution in [3.8, 4) is 0 Å². The first-order valence-corrected chi connectivity index (χ1v) is 7.19. The molecular formula is C13H11F4N7. The first kappa shape index (κ1) is 15.0. The van der Waals surface area contributed by atoms with Crippen LogP contribution in [0.15, 0.2) is 12.1 Å². The number of benzene rings is 1. The van der Waals surface area contributed by atoms with Gasteiger partial charge >= 0.3 is 6.18 Å². The van der Waals surface area contributed by atoms with Crippen molar-refractivity contribution in [3.63, 3.8) is 0 Å². The summed E-state index contributed by atoms with van der Waals surface area (Å²) in [6.45, 7) is 2.72. The lowest BCUT2D eigenvalue weighted by Gasteiger charge is -2.28. The van der Waals surface area contributed by atoms with E-state index in [1.807, 2.05) is 4.90 Å². The van der Waals surface area contributed by atoms with E-state index in [0.717, 1.165) is 19.2 Å². The number of tetrazole rings is 1. The Balaban J connectivity index is 1.98. The Kier molecular flexibility index (Phi) is 3.27. The highest BCUT2D eigenvalue weighted by Gasteiger charge is 2.35. The summed E-state index contributed by atoms with van der Waals surface area (Å²) in [6.07, 6.45) is -4.81. The van der Waals surface area contributed by atoms with E-state index in [0.29, 0.717) is 25.1 Å². The van der Waals surface area contributed by atoms with Crippen LogP contribution in [0.1, 0.15) is 5.56 Å². The summed E-state index contributed by atoms with van der Waals surface area (Å²) >= 11 is 0. The van der Waals surface area contributed by atoms with Crippen LogP contribution < -0.4 is 10.2 Å². The topological polar surface area (TPSA) is 71.2 Å². The van der Waals surface area contributed by atoms with Crippen LogP contribution in [0.4, 0.5) is 23.5 Å². The highest BCUT2D eigenvalue weighted by Crippen LogP contribution is 2.34. The summed E-state index contributed by atoms with van der Waals surface area (Å²) in [7, 11) is 0. The van der Waals surface area contributed by atoms with E-state index in [2.05, 4.69) is 25.8 Å². The Morgan fingerprint density at radius 1 is 1.12 bits per heavy atom. The summed E-state index contributed by atoms with van der Waals surface area (Å²) in [5.41, 5.74) is -1.17. The number of aromatic nitrogens is 5. The van der Waals surface area contributed by atoms with Gasteiger partial charge in [-0.2, -0.15) is 17.7 Å². The summed E-state index contributed by atoms with van der Waals surface area (Å²) in [5.74, 6) is -0.992. The van der Waals surface area contributed by atoms with Crippen molar-refractivity contribution < 1.29 is 17.6 Å². The molecule has 1 aliphatic heterocycles. The Hall–Kier alpha value is -2.56. The molecule has 4 rings (SSSR count). The molecule has 0 unspecified atom stereocenters. The Labute approximate surface area is 132 Å². The van der Waals surface area contributed by atoms with Crippen LogP contribution in [0.2, 0.25) is 0 Å². The van der Waals surface area contributed by atoms with Crippen LogP contribution >= 0.6 is 0 Å². The van der Waals surface area contributed by atoms with Gasteiger partial charge in [-0.1, -0.05) is 0 Å². The molecule has 0 bridgehead atoms. The zero-order valence-corrected chi connectivity index (χ0v) is 12.2. The molecule has 7 nitrogen and oxygen atoms in total. The molecule has 1 N–H and O–H groups in total. The van der Waals surface area contributed by atoms with Gasteiger partial charge < -0.3 is 10.2 Å². The van der Waals surface area contributed by atoms with Crippen molar-refractivity contribution in [2.75, 3.05) is 31.1 Å². The highest BCUT2D eigenvalue weighted by atomic mass is 19.4. The summed E-state index contributed by atoms with van der Waals surface area (Å²) < 4.78 is 54.0. The molecule has 1 aliphatic rings. The number of alkyl halides is 3. The minimum atomic E-state index is -4.81. The molecule has 1 saturated heterocycles. The molecule has 0 atom stereocenters. The predicted octanol–water partition coefficient (Wildman–Crippen LogP) is 1.24. The lowest BCUT2D eigenvalue weighted by Crippen LogP contribution is -2.44. The van der Waals surface area contributed by atoms with E-state index in [-0.39, 0.29) is 16.6 Å². The van der Waals surface area contributed by atoms with E-state index < -0.39 is 17.6 Å². The van der Waals surface area contributed by atoms with Gasteiger partial charge in [0.05, 0.1) is 11.1 Å². The predicted molar refractivity (Wildman–Crippen MR) is 76.1 cm³/mol. The molecule has 3 aromatic rings. The van der Waals surface area contributed by atoms with Crippen molar-refractivity contribution in [2.24, 2.45) is 0 Å². The number of piperazine rings is 1. The van der Waals surface area contributed by atoms with Gasteiger partial charge in [-0.3, -0.25) is 0 Å². The second-order valence-electron chi connectivity index (χ2n) is 5.41. The molecular weight excluding hydrogens is 330 g/mol. The molecule has 0 aliphatic carbocycles. The number of hydrogen-bond donors (Lipinski definition) is 1. The normalized spacial score (nSPS) is 16.2. The SMILES string of the molecule is Fc1cc2nc(N3CCNCC3)n3nnnc3c2cc1C(F)(F)F. The largest absolute Gasteiger partial charge is 0.419 e. The Morgan fingerprint density at radius 2 is 1.88 bits per heavy atom. The summed E-state index contributed by atoms with van der Waals surface area (Å²) in [6, 6.07) is 1.48. The molecule has 11 heteroatoms. The molecule has 0 amide bonds. The van der Waals surface area contributed by atoms with E-state index in [1.165, 1.54) is 4.52 Å². The van der Waals surface area contributed by atoms with Gasteiger partial charge in [0.2, 0.25) is 5.95 Å². The minimum Gasteiger partial charge on any atom is -0.338 e. The van der Waals surface area contributed by atoms with Gasteiger partial charge in [0.1, 0.15) is 5.82 Å². The fourth-order valence-electron chi connectivity index (χ4n) is 2.77. The van der Waals surface area contributed by atoms with Crippen LogP contribution in [0.3, 0.4) is 0 Å². The van der Waals surface area contributed by atoms with Crippen LogP contribution in [-0.4, -0.2) is 51.2 Å². The quantitative estimate of drug-likeness (QED) is 0.672. The maximum absolute atomic E-state index is 13.9. The second kappa shape index (κ2) is 5.23. The first-order chi connectivity index (χ1) is 11.4. The maximum Gasteiger partial charge on any atom is 0.419 e. The number of rotatable bonds is 1. The lowest BCUT2D eigenvalue weighted by atomic mass is 10.1. The molecule has 2 aromatic heterocycles.